The summed E-state index contributed by atoms with van der Waals surface area (Å²) in [5.41, 5.74) is 3.02. The first-order valence-corrected chi connectivity index (χ1v) is 5.57. The molecule has 1 N–H and O–H groups in total. The van der Waals surface area contributed by atoms with Gasteiger partial charge in [0.15, 0.2) is 0 Å². The predicted molar refractivity (Wildman–Crippen MR) is 57.3 cm³/mol. The summed E-state index contributed by atoms with van der Waals surface area (Å²) in [6, 6.07) is 7.43. The maximum absolute atomic E-state index is 11.5. The van der Waals surface area contributed by atoms with Gasteiger partial charge in [0.25, 0.3) is 5.91 Å². The molecule has 0 aliphatic carbocycles. The van der Waals surface area contributed by atoms with Crippen LogP contribution in [0.5, 0.6) is 0 Å². The molecule has 76 valence electrons. The zero-order valence-electron chi connectivity index (χ0n) is 8.24. The number of rotatable bonds is 4. The Hall–Kier alpha value is -1.00. The molecule has 0 unspecified atom stereocenters. The molecule has 0 spiro atoms. The van der Waals surface area contributed by atoms with E-state index >= 15 is 0 Å². The lowest BCUT2D eigenvalue weighted by Gasteiger charge is -2.06. The molecule has 1 aromatic rings. The molecule has 0 aliphatic heterocycles. The Labute approximate surface area is 87.8 Å². The van der Waals surface area contributed by atoms with E-state index in [1.54, 1.807) is 17.8 Å². The summed E-state index contributed by atoms with van der Waals surface area (Å²) in [6.07, 6.45) is 1.94. The lowest BCUT2D eigenvalue weighted by atomic mass is 10.2. The second-order valence-electron chi connectivity index (χ2n) is 2.56. The number of hydrogen-bond acceptors (Lipinski definition) is 3. The number of benzene rings is 1. The summed E-state index contributed by atoms with van der Waals surface area (Å²) in [7, 11) is 0. The SMILES string of the molecule is CCONC(=O)c1ccccc1SC. The molecule has 0 aliphatic rings. The third-order valence-electron chi connectivity index (χ3n) is 1.66. The molecule has 1 rings (SSSR count). The number of hydroxylamine groups is 1. The first-order valence-electron chi connectivity index (χ1n) is 4.34. The average molecular weight is 211 g/mol. The zero-order valence-corrected chi connectivity index (χ0v) is 9.06. The van der Waals surface area contributed by atoms with Gasteiger partial charge in [0.05, 0.1) is 12.2 Å². The van der Waals surface area contributed by atoms with Crippen molar-refractivity contribution in [1.29, 1.82) is 0 Å². The second kappa shape index (κ2) is 5.67. The molecular weight excluding hydrogens is 198 g/mol. The van der Waals surface area contributed by atoms with E-state index in [0.29, 0.717) is 12.2 Å². The zero-order chi connectivity index (χ0) is 10.4. The standard InChI is InChI=1S/C10H13NO2S/c1-3-13-11-10(12)8-6-4-5-7-9(8)14-2/h4-7H,3H2,1-2H3,(H,11,12). The molecule has 0 heterocycles. The molecule has 1 aromatic carbocycles. The van der Waals surface area contributed by atoms with Crippen LogP contribution in [0.2, 0.25) is 0 Å². The van der Waals surface area contributed by atoms with Crippen LogP contribution in [0.3, 0.4) is 0 Å². The third kappa shape index (κ3) is 2.75. The van der Waals surface area contributed by atoms with E-state index in [-0.39, 0.29) is 5.91 Å². The Morgan fingerprint density at radius 2 is 2.21 bits per heavy atom. The molecule has 0 fully saturated rings. The van der Waals surface area contributed by atoms with Crippen molar-refractivity contribution in [2.75, 3.05) is 12.9 Å². The molecule has 0 aromatic heterocycles. The van der Waals surface area contributed by atoms with E-state index in [1.807, 2.05) is 31.4 Å². The summed E-state index contributed by atoms with van der Waals surface area (Å²) in [5, 5.41) is 0. The van der Waals surface area contributed by atoms with Crippen LogP contribution in [-0.2, 0) is 4.84 Å². The molecule has 0 radical (unpaired) electrons. The summed E-state index contributed by atoms with van der Waals surface area (Å²) < 4.78 is 0. The van der Waals surface area contributed by atoms with E-state index in [0.717, 1.165) is 4.90 Å². The van der Waals surface area contributed by atoms with Crippen LogP contribution in [0.25, 0.3) is 0 Å². The second-order valence-corrected chi connectivity index (χ2v) is 3.41. The minimum atomic E-state index is -0.197. The van der Waals surface area contributed by atoms with Crippen LogP contribution in [0.15, 0.2) is 29.2 Å². The van der Waals surface area contributed by atoms with Crippen molar-refractivity contribution in [3.63, 3.8) is 0 Å². The number of thioether (sulfide) groups is 1. The fourth-order valence-corrected chi connectivity index (χ4v) is 1.62. The van der Waals surface area contributed by atoms with Crippen LogP contribution in [-0.4, -0.2) is 18.8 Å². The molecule has 3 nitrogen and oxygen atoms in total. The van der Waals surface area contributed by atoms with Crippen molar-refractivity contribution in [2.24, 2.45) is 0 Å². The third-order valence-corrected chi connectivity index (χ3v) is 2.46. The molecule has 14 heavy (non-hydrogen) atoms. The number of hydrogen-bond donors (Lipinski definition) is 1. The predicted octanol–water partition coefficient (Wildman–Crippen LogP) is 2.09. The molecule has 4 heteroatoms. The molecule has 1 amide bonds. The van der Waals surface area contributed by atoms with Crippen molar-refractivity contribution in [3.05, 3.63) is 29.8 Å². The molecule has 0 bridgehead atoms. The first-order chi connectivity index (χ1) is 6.79. The number of nitrogens with one attached hydrogen (secondary N) is 1. The minimum absolute atomic E-state index is 0.197. The Bertz CT molecular complexity index is 315. The van der Waals surface area contributed by atoms with Crippen LogP contribution in [0.4, 0.5) is 0 Å². The van der Waals surface area contributed by atoms with Gasteiger partial charge >= 0.3 is 0 Å². The lowest BCUT2D eigenvalue weighted by molar-refractivity contribution is 0.0362. The maximum Gasteiger partial charge on any atom is 0.275 e. The van der Waals surface area contributed by atoms with Crippen LogP contribution in [0, 0.1) is 0 Å². The molecule has 0 atom stereocenters. The quantitative estimate of drug-likeness (QED) is 0.612. The van der Waals surface area contributed by atoms with Crippen molar-refractivity contribution in [1.82, 2.24) is 5.48 Å². The Morgan fingerprint density at radius 1 is 1.50 bits per heavy atom. The van der Waals surface area contributed by atoms with Crippen molar-refractivity contribution >= 4 is 17.7 Å². The Balaban J connectivity index is 2.78. The normalized spacial score (nSPS) is 9.86. The fraction of sp³-hybridized carbons (Fsp3) is 0.300. The lowest BCUT2D eigenvalue weighted by Crippen LogP contribution is -2.24. The molecule has 0 saturated carbocycles. The number of carbonyl (C=O) groups is 1. The molecule has 0 saturated heterocycles. The Kier molecular flexibility index (Phi) is 4.49. The van der Waals surface area contributed by atoms with E-state index in [1.165, 1.54) is 0 Å². The monoisotopic (exact) mass is 211 g/mol. The number of amides is 1. The van der Waals surface area contributed by atoms with Crippen LogP contribution < -0.4 is 5.48 Å². The van der Waals surface area contributed by atoms with Gasteiger partial charge in [-0.2, -0.15) is 0 Å². The summed E-state index contributed by atoms with van der Waals surface area (Å²) in [5.74, 6) is -0.197. The average Bonchev–Trinajstić information content (AvgIpc) is 2.25. The minimum Gasteiger partial charge on any atom is -0.274 e. The van der Waals surface area contributed by atoms with Gasteiger partial charge in [0.1, 0.15) is 0 Å². The maximum atomic E-state index is 11.5. The van der Waals surface area contributed by atoms with E-state index in [9.17, 15) is 4.79 Å². The topological polar surface area (TPSA) is 38.3 Å². The highest BCUT2D eigenvalue weighted by atomic mass is 32.2. The Morgan fingerprint density at radius 3 is 2.86 bits per heavy atom. The fourth-order valence-electron chi connectivity index (χ4n) is 1.02. The highest BCUT2D eigenvalue weighted by Crippen LogP contribution is 2.19. The van der Waals surface area contributed by atoms with Gasteiger partial charge in [-0.15, -0.1) is 11.8 Å². The summed E-state index contributed by atoms with van der Waals surface area (Å²) >= 11 is 1.54. The van der Waals surface area contributed by atoms with E-state index in [2.05, 4.69) is 5.48 Å². The highest BCUT2D eigenvalue weighted by molar-refractivity contribution is 7.98. The smallest absolute Gasteiger partial charge is 0.274 e. The van der Waals surface area contributed by atoms with Crippen LogP contribution >= 0.6 is 11.8 Å². The first kappa shape index (κ1) is 11.1. The van der Waals surface area contributed by atoms with Crippen molar-refractivity contribution < 1.29 is 9.63 Å². The number of carbonyl (C=O) groups excluding carboxylic acids is 1. The molecular formula is C10H13NO2S. The van der Waals surface area contributed by atoms with Gasteiger partial charge in [-0.1, -0.05) is 12.1 Å². The van der Waals surface area contributed by atoms with Crippen LogP contribution in [0.1, 0.15) is 17.3 Å². The van der Waals surface area contributed by atoms with Gasteiger partial charge in [-0.05, 0) is 25.3 Å². The summed E-state index contributed by atoms with van der Waals surface area (Å²) in [4.78, 5) is 17.3. The van der Waals surface area contributed by atoms with Crippen molar-refractivity contribution in [2.45, 2.75) is 11.8 Å². The largest absolute Gasteiger partial charge is 0.275 e. The van der Waals surface area contributed by atoms with E-state index in [4.69, 9.17) is 4.84 Å². The highest BCUT2D eigenvalue weighted by Gasteiger charge is 2.09. The van der Waals surface area contributed by atoms with E-state index < -0.39 is 0 Å². The van der Waals surface area contributed by atoms with Gasteiger partial charge in [-0.25, -0.2) is 5.48 Å². The van der Waals surface area contributed by atoms with Gasteiger partial charge in [-0.3, -0.25) is 9.63 Å². The summed E-state index contributed by atoms with van der Waals surface area (Å²) in [6.45, 7) is 2.29. The van der Waals surface area contributed by atoms with Gasteiger partial charge in [0.2, 0.25) is 0 Å². The van der Waals surface area contributed by atoms with Gasteiger partial charge in [0, 0.05) is 4.90 Å². The van der Waals surface area contributed by atoms with Crippen molar-refractivity contribution in [3.8, 4) is 0 Å². The van der Waals surface area contributed by atoms with Gasteiger partial charge < -0.3 is 0 Å².